The number of thiazole rings is 1. The van der Waals surface area contributed by atoms with Crippen molar-refractivity contribution in [1.29, 1.82) is 0 Å². The van der Waals surface area contributed by atoms with Gasteiger partial charge in [-0.25, -0.2) is 9.78 Å². The van der Waals surface area contributed by atoms with Gasteiger partial charge in [0.15, 0.2) is 5.13 Å². The summed E-state index contributed by atoms with van der Waals surface area (Å²) < 4.78 is 1.81. The van der Waals surface area contributed by atoms with Crippen molar-refractivity contribution >= 4 is 28.1 Å². The Morgan fingerprint density at radius 1 is 1.53 bits per heavy atom. The summed E-state index contributed by atoms with van der Waals surface area (Å²) in [5, 5.41) is 16.5. The molecule has 0 fully saturated rings. The van der Waals surface area contributed by atoms with Crippen molar-refractivity contribution in [3.8, 4) is 0 Å². The van der Waals surface area contributed by atoms with Gasteiger partial charge in [0, 0.05) is 12.2 Å². The molecular weight excluding hydrogens is 240 g/mol. The van der Waals surface area contributed by atoms with Crippen molar-refractivity contribution in [2.75, 3.05) is 5.32 Å². The van der Waals surface area contributed by atoms with Gasteiger partial charge in [-0.2, -0.15) is 5.10 Å². The lowest BCUT2D eigenvalue weighted by Gasteiger charge is -2.03. The van der Waals surface area contributed by atoms with Crippen LogP contribution >= 0.6 is 11.3 Å². The molecule has 2 rings (SSSR count). The first kappa shape index (κ1) is 11.6. The first-order valence-electron chi connectivity index (χ1n) is 5.06. The van der Waals surface area contributed by atoms with E-state index >= 15 is 0 Å². The van der Waals surface area contributed by atoms with Crippen LogP contribution in [0, 0.1) is 0 Å². The third-order valence-corrected chi connectivity index (χ3v) is 3.00. The normalized spacial score (nSPS) is 10.8. The quantitative estimate of drug-likeness (QED) is 0.873. The van der Waals surface area contributed by atoms with Crippen LogP contribution in [0.2, 0.25) is 0 Å². The number of carboxylic acid groups (broad SMARTS) is 1. The number of carboxylic acids is 1. The Morgan fingerprint density at radius 3 is 2.82 bits per heavy atom. The lowest BCUT2D eigenvalue weighted by molar-refractivity contribution is 0.0702. The van der Waals surface area contributed by atoms with Crippen molar-refractivity contribution in [2.24, 2.45) is 0 Å². The van der Waals surface area contributed by atoms with Gasteiger partial charge in [0.05, 0.1) is 18.1 Å². The topological polar surface area (TPSA) is 80.0 Å². The van der Waals surface area contributed by atoms with Crippen LogP contribution in [0.5, 0.6) is 0 Å². The van der Waals surface area contributed by atoms with Gasteiger partial charge in [0.25, 0.3) is 0 Å². The molecule has 0 aliphatic rings. The fraction of sp³-hybridized carbons (Fsp3) is 0.300. The molecule has 2 heterocycles. The van der Waals surface area contributed by atoms with E-state index in [4.69, 9.17) is 5.11 Å². The molecule has 0 saturated carbocycles. The van der Waals surface area contributed by atoms with Crippen LogP contribution in [0.4, 0.5) is 10.8 Å². The Hall–Kier alpha value is -1.89. The molecule has 2 aromatic rings. The number of anilines is 2. The Bertz CT molecular complexity index is 532. The molecule has 0 spiro atoms. The predicted octanol–water partition coefficient (Wildman–Crippen LogP) is 2.36. The van der Waals surface area contributed by atoms with Crippen molar-refractivity contribution in [1.82, 2.24) is 14.8 Å². The Balaban J connectivity index is 2.11. The summed E-state index contributed by atoms with van der Waals surface area (Å²) >= 11 is 1.09. The Morgan fingerprint density at radius 2 is 2.29 bits per heavy atom. The maximum absolute atomic E-state index is 10.7. The number of aromatic carboxylic acids is 1. The van der Waals surface area contributed by atoms with Gasteiger partial charge in [-0.3, -0.25) is 4.68 Å². The fourth-order valence-corrected chi connectivity index (χ4v) is 1.91. The highest BCUT2D eigenvalue weighted by Crippen LogP contribution is 2.22. The lowest BCUT2D eigenvalue weighted by Crippen LogP contribution is -1.99. The SMILES string of the molecule is CC(C)n1cc(Nc2ncc(C(=O)O)s2)cn1. The summed E-state index contributed by atoms with van der Waals surface area (Å²) in [7, 11) is 0. The molecule has 2 N–H and O–H groups in total. The highest BCUT2D eigenvalue weighted by atomic mass is 32.1. The molecule has 0 atom stereocenters. The first-order chi connectivity index (χ1) is 8.06. The van der Waals surface area contributed by atoms with Gasteiger partial charge in [0.2, 0.25) is 0 Å². The van der Waals surface area contributed by atoms with Gasteiger partial charge in [-0.1, -0.05) is 11.3 Å². The van der Waals surface area contributed by atoms with Crippen molar-refractivity contribution in [2.45, 2.75) is 19.9 Å². The molecule has 0 radical (unpaired) electrons. The summed E-state index contributed by atoms with van der Waals surface area (Å²) in [6.45, 7) is 4.06. The van der Waals surface area contributed by atoms with E-state index < -0.39 is 5.97 Å². The van der Waals surface area contributed by atoms with E-state index in [1.807, 2.05) is 24.7 Å². The maximum Gasteiger partial charge on any atom is 0.347 e. The van der Waals surface area contributed by atoms with E-state index in [0.717, 1.165) is 17.0 Å². The molecule has 0 aliphatic heterocycles. The van der Waals surface area contributed by atoms with Gasteiger partial charge < -0.3 is 10.4 Å². The second kappa shape index (κ2) is 4.54. The van der Waals surface area contributed by atoms with E-state index in [1.165, 1.54) is 6.20 Å². The zero-order valence-corrected chi connectivity index (χ0v) is 10.2. The second-order valence-electron chi connectivity index (χ2n) is 3.76. The van der Waals surface area contributed by atoms with Crippen LogP contribution in [0.3, 0.4) is 0 Å². The van der Waals surface area contributed by atoms with Crippen LogP contribution in [0.15, 0.2) is 18.6 Å². The maximum atomic E-state index is 10.7. The van der Waals surface area contributed by atoms with Crippen LogP contribution < -0.4 is 5.32 Å². The average molecular weight is 252 g/mol. The minimum atomic E-state index is -0.964. The largest absolute Gasteiger partial charge is 0.477 e. The van der Waals surface area contributed by atoms with Crippen LogP contribution in [0.1, 0.15) is 29.6 Å². The monoisotopic (exact) mass is 252 g/mol. The minimum Gasteiger partial charge on any atom is -0.477 e. The number of hydrogen-bond donors (Lipinski definition) is 2. The Labute approximate surface area is 102 Å². The van der Waals surface area contributed by atoms with E-state index in [0.29, 0.717) is 5.13 Å². The van der Waals surface area contributed by atoms with Gasteiger partial charge in [-0.05, 0) is 13.8 Å². The number of nitrogens with zero attached hydrogens (tertiary/aromatic N) is 3. The third kappa shape index (κ3) is 2.62. The molecule has 17 heavy (non-hydrogen) atoms. The van der Waals surface area contributed by atoms with Crippen molar-refractivity contribution in [3.63, 3.8) is 0 Å². The number of aromatic nitrogens is 3. The number of rotatable bonds is 4. The standard InChI is InChI=1S/C10H12N4O2S/c1-6(2)14-5-7(3-12-14)13-10-11-4-8(17-10)9(15)16/h3-6H,1-2H3,(H,11,13)(H,15,16). The van der Waals surface area contributed by atoms with E-state index in [1.54, 1.807) is 6.20 Å². The van der Waals surface area contributed by atoms with Crippen molar-refractivity contribution in [3.05, 3.63) is 23.5 Å². The van der Waals surface area contributed by atoms with Gasteiger partial charge >= 0.3 is 5.97 Å². The summed E-state index contributed by atoms with van der Waals surface area (Å²) in [6.07, 6.45) is 4.87. The zero-order chi connectivity index (χ0) is 12.4. The van der Waals surface area contributed by atoms with E-state index in [2.05, 4.69) is 15.4 Å². The predicted molar refractivity (Wildman–Crippen MR) is 65.0 cm³/mol. The third-order valence-electron chi connectivity index (χ3n) is 2.10. The summed E-state index contributed by atoms with van der Waals surface area (Å²) in [5.74, 6) is -0.964. The first-order valence-corrected chi connectivity index (χ1v) is 5.88. The number of hydrogen-bond acceptors (Lipinski definition) is 5. The number of nitrogens with one attached hydrogen (secondary N) is 1. The molecule has 2 aromatic heterocycles. The van der Waals surface area contributed by atoms with Crippen LogP contribution in [-0.4, -0.2) is 25.8 Å². The van der Waals surface area contributed by atoms with E-state index in [9.17, 15) is 4.79 Å². The molecule has 90 valence electrons. The summed E-state index contributed by atoms with van der Waals surface area (Å²) in [5.41, 5.74) is 0.796. The molecule has 0 amide bonds. The molecule has 0 bridgehead atoms. The lowest BCUT2D eigenvalue weighted by atomic mass is 10.4. The Kier molecular flexibility index (Phi) is 3.10. The summed E-state index contributed by atoms with van der Waals surface area (Å²) in [4.78, 5) is 14.9. The molecule has 0 aromatic carbocycles. The average Bonchev–Trinajstić information content (AvgIpc) is 2.87. The zero-order valence-electron chi connectivity index (χ0n) is 9.41. The van der Waals surface area contributed by atoms with Gasteiger partial charge in [0.1, 0.15) is 4.88 Å². The van der Waals surface area contributed by atoms with Crippen LogP contribution in [-0.2, 0) is 0 Å². The molecule has 0 saturated heterocycles. The molecule has 0 unspecified atom stereocenters. The van der Waals surface area contributed by atoms with Crippen LogP contribution in [0.25, 0.3) is 0 Å². The van der Waals surface area contributed by atoms with E-state index in [-0.39, 0.29) is 10.9 Å². The molecule has 7 heteroatoms. The van der Waals surface area contributed by atoms with Crippen molar-refractivity contribution < 1.29 is 9.90 Å². The molecule has 6 nitrogen and oxygen atoms in total. The highest BCUT2D eigenvalue weighted by molar-refractivity contribution is 7.17. The fourth-order valence-electron chi connectivity index (χ4n) is 1.24. The summed E-state index contributed by atoms with van der Waals surface area (Å²) in [6, 6.07) is 0.288. The second-order valence-corrected chi connectivity index (χ2v) is 4.79. The number of carbonyl (C=O) groups is 1. The highest BCUT2D eigenvalue weighted by Gasteiger charge is 2.09. The van der Waals surface area contributed by atoms with Gasteiger partial charge in [-0.15, -0.1) is 0 Å². The molecule has 0 aliphatic carbocycles. The minimum absolute atomic E-state index is 0.212. The molecular formula is C10H12N4O2S. The smallest absolute Gasteiger partial charge is 0.347 e.